The van der Waals surface area contributed by atoms with E-state index in [-0.39, 0.29) is 11.6 Å². The summed E-state index contributed by atoms with van der Waals surface area (Å²) in [4.78, 5) is 33.6. The molecular formula is C9H8N2O6S. The van der Waals surface area contributed by atoms with E-state index >= 15 is 0 Å². The van der Waals surface area contributed by atoms with E-state index in [1.54, 1.807) is 0 Å². The number of carbonyl (C=O) groups is 2. The Bertz CT molecular complexity index is 513. The molecule has 1 aromatic heterocycles. The van der Waals surface area contributed by atoms with Crippen LogP contribution in [-0.4, -0.2) is 44.5 Å². The van der Waals surface area contributed by atoms with Gasteiger partial charge >= 0.3 is 11.9 Å². The average Bonchev–Trinajstić information content (AvgIpc) is 2.97. The molecule has 1 amide bonds. The molecule has 2 heterocycles. The van der Waals surface area contributed by atoms with Gasteiger partial charge in [0.05, 0.1) is 11.9 Å². The zero-order valence-electron chi connectivity index (χ0n) is 8.94. The number of carboxylic acids is 1. The Hall–Kier alpha value is -2.03. The van der Waals surface area contributed by atoms with E-state index < -0.39 is 28.7 Å². The lowest BCUT2D eigenvalue weighted by atomic mass is 10.3. The molecule has 96 valence electrons. The second-order valence-corrected chi connectivity index (χ2v) is 4.52. The summed E-state index contributed by atoms with van der Waals surface area (Å²) in [5.41, 5.74) is 0. The van der Waals surface area contributed by atoms with Gasteiger partial charge in [0, 0.05) is 5.75 Å². The van der Waals surface area contributed by atoms with Crippen LogP contribution in [0.1, 0.15) is 10.6 Å². The third kappa shape index (κ3) is 2.16. The molecule has 0 aromatic carbocycles. The summed E-state index contributed by atoms with van der Waals surface area (Å²) in [5, 5.41) is 19.3. The van der Waals surface area contributed by atoms with E-state index in [0.717, 1.165) is 11.0 Å². The Balaban J connectivity index is 2.20. The van der Waals surface area contributed by atoms with Gasteiger partial charge in [0.2, 0.25) is 0 Å². The molecule has 18 heavy (non-hydrogen) atoms. The molecule has 0 saturated carbocycles. The number of nitrogens with zero attached hydrogens (tertiary/aromatic N) is 2. The molecule has 0 unspecified atom stereocenters. The Morgan fingerprint density at radius 2 is 2.28 bits per heavy atom. The van der Waals surface area contributed by atoms with Crippen LogP contribution in [-0.2, 0) is 4.79 Å². The van der Waals surface area contributed by atoms with Crippen LogP contribution >= 0.6 is 11.8 Å². The minimum atomic E-state index is -1.10. The third-order valence-electron chi connectivity index (χ3n) is 2.41. The van der Waals surface area contributed by atoms with Crippen LogP contribution in [0.15, 0.2) is 16.5 Å². The number of nitro groups is 1. The Morgan fingerprint density at radius 1 is 1.56 bits per heavy atom. The summed E-state index contributed by atoms with van der Waals surface area (Å²) in [6.07, 6.45) is 0. The van der Waals surface area contributed by atoms with E-state index in [4.69, 9.17) is 9.52 Å². The van der Waals surface area contributed by atoms with Crippen molar-refractivity contribution in [1.82, 2.24) is 4.90 Å². The van der Waals surface area contributed by atoms with Gasteiger partial charge in [-0.05, 0) is 6.07 Å². The van der Waals surface area contributed by atoms with Gasteiger partial charge in [-0.25, -0.2) is 4.79 Å². The van der Waals surface area contributed by atoms with E-state index in [0.29, 0.717) is 5.75 Å². The summed E-state index contributed by atoms with van der Waals surface area (Å²) in [5.74, 6) is -2.00. The minimum absolute atomic E-state index is 0.226. The van der Waals surface area contributed by atoms with Gasteiger partial charge in [-0.15, -0.1) is 11.8 Å². The van der Waals surface area contributed by atoms with Crippen molar-refractivity contribution >= 4 is 29.5 Å². The first-order valence-corrected chi connectivity index (χ1v) is 6.02. The molecule has 0 bridgehead atoms. The summed E-state index contributed by atoms with van der Waals surface area (Å²) >= 11 is 1.30. The van der Waals surface area contributed by atoms with Crippen molar-refractivity contribution in [2.24, 2.45) is 0 Å². The molecule has 0 aliphatic carbocycles. The lowest BCUT2D eigenvalue weighted by Gasteiger charge is -2.18. The fourth-order valence-corrected chi connectivity index (χ4v) is 2.67. The number of furan rings is 1. The van der Waals surface area contributed by atoms with Gasteiger partial charge in [-0.2, -0.15) is 0 Å². The van der Waals surface area contributed by atoms with Crippen LogP contribution in [0.25, 0.3) is 0 Å². The highest BCUT2D eigenvalue weighted by molar-refractivity contribution is 7.99. The number of aliphatic carboxylic acids is 1. The van der Waals surface area contributed by atoms with Gasteiger partial charge < -0.3 is 14.4 Å². The predicted octanol–water partition coefficient (Wildman–Crippen LogP) is 0.787. The molecule has 1 saturated heterocycles. The smallest absolute Gasteiger partial charge is 0.433 e. The number of rotatable bonds is 3. The molecule has 1 aromatic rings. The second-order valence-electron chi connectivity index (χ2n) is 3.52. The van der Waals surface area contributed by atoms with E-state index in [9.17, 15) is 19.7 Å². The first kappa shape index (κ1) is 12.4. The first-order valence-electron chi connectivity index (χ1n) is 4.86. The van der Waals surface area contributed by atoms with Crippen LogP contribution in [0, 0.1) is 10.1 Å². The Morgan fingerprint density at radius 3 is 2.83 bits per heavy atom. The molecular weight excluding hydrogens is 264 g/mol. The molecule has 0 spiro atoms. The maximum atomic E-state index is 11.9. The lowest BCUT2D eigenvalue weighted by Crippen LogP contribution is -2.41. The predicted molar refractivity (Wildman–Crippen MR) is 60.3 cm³/mol. The largest absolute Gasteiger partial charge is 0.480 e. The quantitative estimate of drug-likeness (QED) is 0.638. The maximum absolute atomic E-state index is 11.9. The fraction of sp³-hybridized carbons (Fsp3) is 0.333. The normalized spacial score (nSPS) is 18.9. The van der Waals surface area contributed by atoms with Gasteiger partial charge in [0.15, 0.2) is 5.76 Å². The Labute approximate surface area is 105 Å². The van der Waals surface area contributed by atoms with Crippen molar-refractivity contribution in [1.29, 1.82) is 0 Å². The van der Waals surface area contributed by atoms with Crippen LogP contribution in [0.2, 0.25) is 0 Å². The molecule has 0 radical (unpaired) electrons. The molecule has 2 rings (SSSR count). The lowest BCUT2D eigenvalue weighted by molar-refractivity contribution is -0.402. The third-order valence-corrected chi connectivity index (χ3v) is 3.42. The fourth-order valence-electron chi connectivity index (χ4n) is 1.53. The highest BCUT2D eigenvalue weighted by atomic mass is 32.2. The van der Waals surface area contributed by atoms with Crippen molar-refractivity contribution < 1.29 is 24.0 Å². The zero-order chi connectivity index (χ0) is 13.3. The average molecular weight is 272 g/mol. The van der Waals surface area contributed by atoms with Gasteiger partial charge in [-0.3, -0.25) is 14.9 Å². The van der Waals surface area contributed by atoms with Crippen LogP contribution in [0.4, 0.5) is 5.88 Å². The van der Waals surface area contributed by atoms with E-state index in [2.05, 4.69) is 0 Å². The highest BCUT2D eigenvalue weighted by Gasteiger charge is 2.36. The highest BCUT2D eigenvalue weighted by Crippen LogP contribution is 2.25. The van der Waals surface area contributed by atoms with Crippen molar-refractivity contribution in [3.8, 4) is 0 Å². The van der Waals surface area contributed by atoms with Crippen LogP contribution in [0.5, 0.6) is 0 Å². The summed E-state index contributed by atoms with van der Waals surface area (Å²) in [7, 11) is 0. The number of amides is 1. The molecule has 1 atom stereocenters. The standard InChI is InChI=1S/C9H8N2O6S/c12-8(6-1-2-7(17-6)11(15)16)10-4-18-3-5(10)9(13)14/h1-2,5H,3-4H2,(H,13,14)/t5-/m0/s1. The summed E-state index contributed by atoms with van der Waals surface area (Å²) in [6, 6.07) is 1.31. The number of carboxylic acid groups (broad SMARTS) is 1. The first-order chi connectivity index (χ1) is 8.50. The van der Waals surface area contributed by atoms with Crippen molar-refractivity contribution in [3.05, 3.63) is 28.0 Å². The molecule has 9 heteroatoms. The van der Waals surface area contributed by atoms with Crippen LogP contribution < -0.4 is 0 Å². The molecule has 8 nitrogen and oxygen atoms in total. The minimum Gasteiger partial charge on any atom is -0.480 e. The number of hydrogen-bond donors (Lipinski definition) is 1. The van der Waals surface area contributed by atoms with Gasteiger partial charge in [0.1, 0.15) is 11.0 Å². The number of thioether (sulfide) groups is 1. The summed E-state index contributed by atoms with van der Waals surface area (Å²) < 4.78 is 4.75. The second kappa shape index (κ2) is 4.69. The maximum Gasteiger partial charge on any atom is 0.433 e. The summed E-state index contributed by atoms with van der Waals surface area (Å²) in [6.45, 7) is 0. The van der Waals surface area contributed by atoms with Gasteiger partial charge in [-0.1, -0.05) is 0 Å². The Kier molecular flexibility index (Phi) is 3.24. The zero-order valence-corrected chi connectivity index (χ0v) is 9.75. The van der Waals surface area contributed by atoms with Crippen LogP contribution in [0.3, 0.4) is 0 Å². The molecule has 1 fully saturated rings. The topological polar surface area (TPSA) is 114 Å². The number of carbonyl (C=O) groups excluding carboxylic acids is 1. The van der Waals surface area contributed by atoms with Gasteiger partial charge in [0.25, 0.3) is 5.91 Å². The van der Waals surface area contributed by atoms with Crippen molar-refractivity contribution in [2.75, 3.05) is 11.6 Å². The molecule has 1 N–H and O–H groups in total. The van der Waals surface area contributed by atoms with Crippen molar-refractivity contribution in [3.63, 3.8) is 0 Å². The van der Waals surface area contributed by atoms with E-state index in [1.807, 2.05) is 0 Å². The number of hydrogen-bond acceptors (Lipinski definition) is 6. The SMILES string of the molecule is O=C(O)[C@@H]1CSCN1C(=O)c1ccc([N+](=O)[O-])o1. The molecule has 1 aliphatic heterocycles. The van der Waals surface area contributed by atoms with Crippen molar-refractivity contribution in [2.45, 2.75) is 6.04 Å². The van der Waals surface area contributed by atoms with E-state index in [1.165, 1.54) is 17.8 Å². The molecule has 1 aliphatic rings. The monoisotopic (exact) mass is 272 g/mol.